The van der Waals surface area contributed by atoms with Crippen molar-refractivity contribution in [2.75, 3.05) is 13.2 Å². The lowest BCUT2D eigenvalue weighted by atomic mass is 10.2. The zero-order valence-corrected chi connectivity index (χ0v) is 16.9. The van der Waals surface area contributed by atoms with Gasteiger partial charge in [0, 0.05) is 5.56 Å². The van der Waals surface area contributed by atoms with Gasteiger partial charge in [0.15, 0.2) is 5.96 Å². The second kappa shape index (κ2) is 14.0. The second-order valence-corrected chi connectivity index (χ2v) is 5.73. The van der Waals surface area contributed by atoms with Crippen LogP contribution < -0.4 is 22.1 Å². The zero-order valence-electron chi connectivity index (χ0n) is 16.9. The number of terminal acetylenes is 1. The van der Waals surface area contributed by atoms with Gasteiger partial charge in [-0.1, -0.05) is 12.0 Å². The summed E-state index contributed by atoms with van der Waals surface area (Å²) in [5.74, 6) is 0.604. The molecule has 0 fully saturated rings. The first-order valence-corrected chi connectivity index (χ1v) is 8.83. The van der Waals surface area contributed by atoms with Crippen molar-refractivity contribution in [3.63, 3.8) is 0 Å². The molecule has 0 saturated carbocycles. The standard InChI is InChI=1S/C17H21N5O4.C2HF3O/c1-3-12(9-15(24)26-4-2)21-14(23)10-20-16(25)11-6-5-7-13(8-11)22-17(18)19;3-2(4,5)1-6/h1,5-8,12H,4,9-10H2,2H3,(H,20,25)(H,21,23)(H4,18,19,22);1H/t12-;/m1./s1. The van der Waals surface area contributed by atoms with Crippen LogP contribution in [0.5, 0.6) is 0 Å². The van der Waals surface area contributed by atoms with Gasteiger partial charge in [-0.15, -0.1) is 6.42 Å². The van der Waals surface area contributed by atoms with Crippen LogP contribution in [-0.4, -0.2) is 55.4 Å². The first-order valence-electron chi connectivity index (χ1n) is 8.83. The molecule has 0 radical (unpaired) electrons. The van der Waals surface area contributed by atoms with Gasteiger partial charge >= 0.3 is 12.1 Å². The summed E-state index contributed by atoms with van der Waals surface area (Å²) in [4.78, 5) is 47.9. The van der Waals surface area contributed by atoms with E-state index in [-0.39, 0.29) is 31.1 Å². The van der Waals surface area contributed by atoms with Crippen LogP contribution in [0.3, 0.4) is 0 Å². The molecule has 0 spiro atoms. The molecular formula is C19H22F3N5O5. The minimum absolute atomic E-state index is 0.135. The Morgan fingerprint density at radius 3 is 2.44 bits per heavy atom. The number of alkyl halides is 3. The first kappa shape index (κ1) is 27.9. The number of esters is 1. The first-order chi connectivity index (χ1) is 14.9. The number of nitrogens with one attached hydrogen (secondary N) is 2. The predicted molar refractivity (Wildman–Crippen MR) is 108 cm³/mol. The average Bonchev–Trinajstić information content (AvgIpc) is 2.71. The van der Waals surface area contributed by atoms with Crippen molar-refractivity contribution < 1.29 is 37.1 Å². The van der Waals surface area contributed by atoms with Gasteiger partial charge in [-0.05, 0) is 25.1 Å². The minimum Gasteiger partial charge on any atom is -0.466 e. The van der Waals surface area contributed by atoms with Crippen molar-refractivity contribution in [2.45, 2.75) is 25.6 Å². The molecular weight excluding hydrogens is 435 g/mol. The van der Waals surface area contributed by atoms with Crippen LogP contribution in [0.1, 0.15) is 23.7 Å². The molecule has 0 saturated heterocycles. The highest BCUT2D eigenvalue weighted by molar-refractivity contribution is 5.97. The van der Waals surface area contributed by atoms with E-state index in [9.17, 15) is 27.6 Å². The number of hydrogen-bond donors (Lipinski definition) is 4. The third-order valence-corrected chi connectivity index (χ3v) is 3.12. The number of hydrogen-bond acceptors (Lipinski definition) is 6. The Labute approximate surface area is 181 Å². The number of rotatable bonds is 8. The van der Waals surface area contributed by atoms with E-state index < -0.39 is 36.3 Å². The van der Waals surface area contributed by atoms with Gasteiger partial charge in [0.05, 0.1) is 25.3 Å². The Bertz CT molecular complexity index is 877. The third kappa shape index (κ3) is 13.2. The fourth-order valence-electron chi connectivity index (χ4n) is 1.91. The van der Waals surface area contributed by atoms with Gasteiger partial charge in [0.2, 0.25) is 12.2 Å². The van der Waals surface area contributed by atoms with Crippen molar-refractivity contribution in [3.05, 3.63) is 29.8 Å². The lowest BCUT2D eigenvalue weighted by molar-refractivity contribution is -0.156. The molecule has 0 aliphatic heterocycles. The Hall–Kier alpha value is -4.08. The van der Waals surface area contributed by atoms with E-state index in [0.717, 1.165) is 0 Å². The van der Waals surface area contributed by atoms with Gasteiger partial charge < -0.3 is 26.8 Å². The number of aldehydes is 1. The summed E-state index contributed by atoms with van der Waals surface area (Å²) in [6, 6.07) is 5.42. The third-order valence-electron chi connectivity index (χ3n) is 3.12. The number of aliphatic imine (C=N–C) groups is 1. The number of carbonyl (C=O) groups is 4. The van der Waals surface area contributed by atoms with Crippen LogP contribution >= 0.6 is 0 Å². The van der Waals surface area contributed by atoms with E-state index in [4.69, 9.17) is 27.4 Å². The van der Waals surface area contributed by atoms with Crippen LogP contribution in [0.4, 0.5) is 18.9 Å². The van der Waals surface area contributed by atoms with Gasteiger partial charge in [-0.25, -0.2) is 4.99 Å². The molecule has 13 heteroatoms. The number of nitrogens with two attached hydrogens (primary N) is 2. The monoisotopic (exact) mass is 457 g/mol. The summed E-state index contributed by atoms with van der Waals surface area (Å²) in [5.41, 5.74) is 11.3. The van der Waals surface area contributed by atoms with Gasteiger partial charge in [-0.2, -0.15) is 13.2 Å². The Morgan fingerprint density at radius 2 is 1.94 bits per heavy atom. The predicted octanol–water partition coefficient (Wildman–Crippen LogP) is 0.140. The second-order valence-electron chi connectivity index (χ2n) is 5.73. The molecule has 0 unspecified atom stereocenters. The summed E-state index contributed by atoms with van der Waals surface area (Å²) in [5, 5.41) is 4.90. The number of ether oxygens (including phenoxy) is 1. The molecule has 32 heavy (non-hydrogen) atoms. The maximum absolute atomic E-state index is 12.1. The molecule has 0 bridgehead atoms. The maximum atomic E-state index is 12.1. The smallest absolute Gasteiger partial charge is 0.446 e. The normalized spacial score (nSPS) is 10.8. The van der Waals surface area contributed by atoms with Crippen LogP contribution in [0.25, 0.3) is 0 Å². The highest BCUT2D eigenvalue weighted by atomic mass is 19.4. The van der Waals surface area contributed by atoms with Crippen LogP contribution in [0.2, 0.25) is 0 Å². The largest absolute Gasteiger partial charge is 0.466 e. The SMILES string of the molecule is C#C[C@H](CC(=O)OCC)NC(=O)CNC(=O)c1cccc(N=C(N)N)c1.O=CC(F)(F)F. The van der Waals surface area contributed by atoms with Gasteiger partial charge in [0.25, 0.3) is 5.91 Å². The lowest BCUT2D eigenvalue weighted by Crippen LogP contribution is -2.42. The van der Waals surface area contributed by atoms with E-state index in [2.05, 4.69) is 21.5 Å². The maximum Gasteiger partial charge on any atom is 0.446 e. The quantitative estimate of drug-likeness (QED) is 0.142. The summed E-state index contributed by atoms with van der Waals surface area (Å²) in [6.07, 6.45) is -0.573. The average molecular weight is 457 g/mol. The molecule has 0 aromatic heterocycles. The molecule has 1 aromatic carbocycles. The van der Waals surface area contributed by atoms with E-state index in [1.165, 1.54) is 6.07 Å². The summed E-state index contributed by atoms with van der Waals surface area (Å²) >= 11 is 0. The van der Waals surface area contributed by atoms with Crippen LogP contribution in [0, 0.1) is 12.3 Å². The highest BCUT2D eigenvalue weighted by Crippen LogP contribution is 2.13. The van der Waals surface area contributed by atoms with Gasteiger partial charge in [0.1, 0.15) is 6.04 Å². The molecule has 10 nitrogen and oxygen atoms in total. The number of carbonyl (C=O) groups excluding carboxylic acids is 4. The number of halogens is 3. The van der Waals surface area contributed by atoms with Crippen molar-refractivity contribution in [3.8, 4) is 12.3 Å². The molecule has 1 atom stereocenters. The Balaban J connectivity index is 0.00000140. The lowest BCUT2D eigenvalue weighted by Gasteiger charge is -2.13. The number of guanidine groups is 1. The van der Waals surface area contributed by atoms with E-state index in [1.807, 2.05) is 0 Å². The molecule has 0 heterocycles. The van der Waals surface area contributed by atoms with E-state index in [1.54, 1.807) is 25.1 Å². The zero-order chi connectivity index (χ0) is 24.7. The van der Waals surface area contributed by atoms with Crippen molar-refractivity contribution in [1.82, 2.24) is 10.6 Å². The number of nitrogens with zero attached hydrogens (tertiary/aromatic N) is 1. The molecule has 174 valence electrons. The van der Waals surface area contributed by atoms with Crippen molar-refractivity contribution in [2.24, 2.45) is 16.5 Å². The van der Waals surface area contributed by atoms with Crippen molar-refractivity contribution in [1.29, 1.82) is 0 Å². The summed E-state index contributed by atoms with van der Waals surface area (Å²) < 4.78 is 36.0. The molecule has 2 amide bonds. The fraction of sp³-hybridized carbons (Fsp3) is 0.316. The minimum atomic E-state index is -4.64. The van der Waals surface area contributed by atoms with Crippen molar-refractivity contribution >= 4 is 35.7 Å². The van der Waals surface area contributed by atoms with Crippen LogP contribution in [-0.2, 0) is 19.1 Å². The molecule has 0 aliphatic rings. The number of amides is 2. The van der Waals surface area contributed by atoms with Gasteiger partial charge in [-0.3, -0.25) is 19.2 Å². The topological polar surface area (TPSA) is 166 Å². The molecule has 1 rings (SSSR count). The highest BCUT2D eigenvalue weighted by Gasteiger charge is 2.24. The molecule has 1 aromatic rings. The molecule has 6 N–H and O–H groups in total. The number of benzene rings is 1. The molecule has 0 aliphatic carbocycles. The Morgan fingerprint density at radius 1 is 1.31 bits per heavy atom. The summed E-state index contributed by atoms with van der Waals surface area (Å²) in [7, 11) is 0. The fourth-order valence-corrected chi connectivity index (χ4v) is 1.91. The van der Waals surface area contributed by atoms with Crippen LogP contribution in [0.15, 0.2) is 29.3 Å². The summed E-state index contributed by atoms with van der Waals surface area (Å²) in [6.45, 7) is 1.57. The Kier molecular flexibility index (Phi) is 12.2. The van der Waals surface area contributed by atoms with E-state index in [0.29, 0.717) is 5.69 Å². The van der Waals surface area contributed by atoms with E-state index >= 15 is 0 Å².